The molecule has 20 heavy (non-hydrogen) atoms. The molecule has 0 aliphatic carbocycles. The number of nitrogens with one attached hydrogen (secondary N) is 1. The number of ether oxygens (including phenoxy) is 2. The zero-order chi connectivity index (χ0) is 14.6. The van der Waals surface area contributed by atoms with Crippen molar-refractivity contribution in [1.82, 2.24) is 5.32 Å². The first kappa shape index (κ1) is 16.8. The number of aliphatic hydroxyl groups is 1. The summed E-state index contributed by atoms with van der Waals surface area (Å²) in [4.78, 5) is 0. The maximum Gasteiger partial charge on any atom is 0.161 e. The number of benzene rings is 1. The van der Waals surface area contributed by atoms with E-state index < -0.39 is 0 Å². The molecule has 2 N–H and O–H groups in total. The molecule has 0 aromatic heterocycles. The van der Waals surface area contributed by atoms with Gasteiger partial charge in [0, 0.05) is 13.2 Å². The minimum atomic E-state index is 0.223. The van der Waals surface area contributed by atoms with Gasteiger partial charge in [0.25, 0.3) is 0 Å². The summed E-state index contributed by atoms with van der Waals surface area (Å²) in [6, 6.07) is 6.01. The van der Waals surface area contributed by atoms with E-state index in [-0.39, 0.29) is 6.61 Å². The molecule has 0 amide bonds. The normalized spacial score (nSPS) is 10.6. The van der Waals surface area contributed by atoms with Crippen LogP contribution in [0.2, 0.25) is 0 Å². The number of hydrogen-bond donors (Lipinski definition) is 2. The first-order valence-corrected chi connectivity index (χ1v) is 7.43. The van der Waals surface area contributed by atoms with Gasteiger partial charge < -0.3 is 19.9 Å². The van der Waals surface area contributed by atoms with Crippen molar-refractivity contribution in [2.24, 2.45) is 0 Å². The average molecular weight is 281 g/mol. The van der Waals surface area contributed by atoms with Crippen LogP contribution in [0.5, 0.6) is 11.5 Å². The fourth-order valence-corrected chi connectivity index (χ4v) is 1.91. The molecule has 0 fully saturated rings. The zero-order valence-electron chi connectivity index (χ0n) is 12.7. The Hall–Kier alpha value is -1.26. The van der Waals surface area contributed by atoms with Crippen LogP contribution in [0, 0.1) is 0 Å². The summed E-state index contributed by atoms with van der Waals surface area (Å²) in [5, 5.41) is 12.0. The van der Waals surface area contributed by atoms with Gasteiger partial charge in [0.15, 0.2) is 11.5 Å². The fourth-order valence-electron chi connectivity index (χ4n) is 1.91. The predicted octanol–water partition coefficient (Wildman–Crippen LogP) is 2.74. The van der Waals surface area contributed by atoms with Crippen molar-refractivity contribution >= 4 is 0 Å². The van der Waals surface area contributed by atoms with Gasteiger partial charge >= 0.3 is 0 Å². The van der Waals surface area contributed by atoms with Crippen LogP contribution in [0.3, 0.4) is 0 Å². The van der Waals surface area contributed by atoms with Gasteiger partial charge in [0.2, 0.25) is 0 Å². The van der Waals surface area contributed by atoms with Crippen LogP contribution in [-0.2, 0) is 6.54 Å². The minimum absolute atomic E-state index is 0.223. The Balaban J connectivity index is 2.47. The highest BCUT2D eigenvalue weighted by Crippen LogP contribution is 2.28. The van der Waals surface area contributed by atoms with Crippen LogP contribution in [0.15, 0.2) is 18.2 Å². The topological polar surface area (TPSA) is 50.7 Å². The molecule has 0 aliphatic rings. The molecule has 1 rings (SSSR count). The molecule has 114 valence electrons. The minimum Gasteiger partial charge on any atom is -0.493 e. The van der Waals surface area contributed by atoms with Crippen LogP contribution < -0.4 is 14.8 Å². The highest BCUT2D eigenvalue weighted by Gasteiger charge is 2.05. The van der Waals surface area contributed by atoms with Crippen LogP contribution in [-0.4, -0.2) is 32.0 Å². The van der Waals surface area contributed by atoms with Crippen LogP contribution in [0.25, 0.3) is 0 Å². The van der Waals surface area contributed by atoms with E-state index in [4.69, 9.17) is 14.6 Å². The van der Waals surface area contributed by atoms with Crippen LogP contribution in [0.4, 0.5) is 0 Å². The van der Waals surface area contributed by atoms with E-state index in [1.165, 1.54) is 12.8 Å². The molecule has 0 saturated heterocycles. The van der Waals surface area contributed by atoms with Crippen molar-refractivity contribution in [2.45, 2.75) is 39.2 Å². The maximum absolute atomic E-state index is 8.73. The second-order valence-corrected chi connectivity index (χ2v) is 4.79. The third-order valence-electron chi connectivity index (χ3n) is 3.07. The lowest BCUT2D eigenvalue weighted by molar-refractivity contribution is 0.285. The quantitative estimate of drug-likeness (QED) is 0.612. The molecule has 0 radical (unpaired) electrons. The Morgan fingerprint density at radius 3 is 2.70 bits per heavy atom. The number of hydrogen-bond acceptors (Lipinski definition) is 4. The molecule has 0 bridgehead atoms. The number of unbranched alkanes of at least 4 members (excludes halogenated alkanes) is 2. The summed E-state index contributed by atoms with van der Waals surface area (Å²) in [5.41, 5.74) is 1.15. The van der Waals surface area contributed by atoms with Crippen molar-refractivity contribution in [3.05, 3.63) is 23.8 Å². The standard InChI is InChI=1S/C16H27NO3/c1-3-4-5-11-20-15-8-7-14(12-16(15)19-2)13-17-9-6-10-18/h7-8,12,17-18H,3-6,9-11,13H2,1-2H3. The summed E-state index contributed by atoms with van der Waals surface area (Å²) < 4.78 is 11.1. The number of rotatable bonds is 11. The Morgan fingerprint density at radius 2 is 2.00 bits per heavy atom. The lowest BCUT2D eigenvalue weighted by Gasteiger charge is -2.12. The fraction of sp³-hybridized carbons (Fsp3) is 0.625. The van der Waals surface area contributed by atoms with Gasteiger partial charge in [-0.2, -0.15) is 0 Å². The molecule has 1 aromatic rings. The summed E-state index contributed by atoms with van der Waals surface area (Å²) >= 11 is 0. The van der Waals surface area contributed by atoms with Crippen molar-refractivity contribution in [1.29, 1.82) is 0 Å². The summed E-state index contributed by atoms with van der Waals surface area (Å²) in [5.74, 6) is 1.59. The first-order valence-electron chi connectivity index (χ1n) is 7.43. The Bertz CT molecular complexity index is 369. The van der Waals surface area contributed by atoms with Crippen molar-refractivity contribution < 1.29 is 14.6 Å². The third kappa shape index (κ3) is 6.26. The second kappa shape index (κ2) is 10.5. The van der Waals surface area contributed by atoms with Crippen molar-refractivity contribution in [3.8, 4) is 11.5 Å². The van der Waals surface area contributed by atoms with Gasteiger partial charge in [-0.25, -0.2) is 0 Å². The average Bonchev–Trinajstić information content (AvgIpc) is 2.49. The third-order valence-corrected chi connectivity index (χ3v) is 3.07. The van der Waals surface area contributed by atoms with E-state index in [2.05, 4.69) is 12.2 Å². The van der Waals surface area contributed by atoms with E-state index in [0.717, 1.165) is 49.6 Å². The van der Waals surface area contributed by atoms with Crippen molar-refractivity contribution in [2.75, 3.05) is 26.9 Å². The van der Waals surface area contributed by atoms with E-state index in [0.29, 0.717) is 0 Å². The summed E-state index contributed by atoms with van der Waals surface area (Å²) in [6.45, 7) is 4.72. The molecular weight excluding hydrogens is 254 g/mol. The zero-order valence-corrected chi connectivity index (χ0v) is 12.7. The first-order chi connectivity index (χ1) is 9.81. The van der Waals surface area contributed by atoms with E-state index in [1.54, 1.807) is 7.11 Å². The lowest BCUT2D eigenvalue weighted by atomic mass is 10.2. The number of aliphatic hydroxyl groups excluding tert-OH is 1. The molecule has 4 nitrogen and oxygen atoms in total. The monoisotopic (exact) mass is 281 g/mol. The molecule has 0 aliphatic heterocycles. The second-order valence-electron chi connectivity index (χ2n) is 4.79. The van der Waals surface area contributed by atoms with Crippen LogP contribution in [0.1, 0.15) is 38.2 Å². The molecule has 0 unspecified atom stereocenters. The van der Waals surface area contributed by atoms with Gasteiger partial charge in [-0.05, 0) is 37.1 Å². The lowest BCUT2D eigenvalue weighted by Crippen LogP contribution is -2.15. The van der Waals surface area contributed by atoms with Crippen LogP contribution >= 0.6 is 0 Å². The molecule has 0 heterocycles. The number of methoxy groups -OCH3 is 1. The van der Waals surface area contributed by atoms with Crippen molar-refractivity contribution in [3.63, 3.8) is 0 Å². The summed E-state index contributed by atoms with van der Waals surface area (Å²) in [7, 11) is 1.66. The molecule has 0 spiro atoms. The van der Waals surface area contributed by atoms with Gasteiger partial charge in [-0.15, -0.1) is 0 Å². The Morgan fingerprint density at radius 1 is 1.15 bits per heavy atom. The highest BCUT2D eigenvalue weighted by molar-refractivity contribution is 5.42. The highest BCUT2D eigenvalue weighted by atomic mass is 16.5. The van der Waals surface area contributed by atoms with E-state index in [9.17, 15) is 0 Å². The van der Waals surface area contributed by atoms with Gasteiger partial charge in [-0.3, -0.25) is 0 Å². The molecule has 4 heteroatoms. The van der Waals surface area contributed by atoms with Gasteiger partial charge in [0.1, 0.15) is 0 Å². The van der Waals surface area contributed by atoms with E-state index in [1.807, 2.05) is 18.2 Å². The smallest absolute Gasteiger partial charge is 0.161 e. The SMILES string of the molecule is CCCCCOc1ccc(CNCCCO)cc1OC. The predicted molar refractivity (Wildman–Crippen MR) is 81.4 cm³/mol. The molecule has 0 saturated carbocycles. The summed E-state index contributed by atoms with van der Waals surface area (Å²) in [6.07, 6.45) is 4.23. The Kier molecular flexibility index (Phi) is 8.83. The van der Waals surface area contributed by atoms with Gasteiger partial charge in [-0.1, -0.05) is 25.8 Å². The van der Waals surface area contributed by atoms with Gasteiger partial charge in [0.05, 0.1) is 13.7 Å². The molecule has 1 aromatic carbocycles. The van der Waals surface area contributed by atoms with E-state index >= 15 is 0 Å². The molecule has 0 atom stereocenters. The largest absolute Gasteiger partial charge is 0.493 e. The maximum atomic E-state index is 8.73. The molecular formula is C16H27NO3. The Labute approximate surface area is 122 Å².